The van der Waals surface area contributed by atoms with Gasteiger partial charge in [0.15, 0.2) is 0 Å². The van der Waals surface area contributed by atoms with Crippen LogP contribution in [0.3, 0.4) is 0 Å². The predicted octanol–water partition coefficient (Wildman–Crippen LogP) is 2.04. The van der Waals surface area contributed by atoms with E-state index in [9.17, 15) is 0 Å². The first-order chi connectivity index (χ1) is 10.2. The minimum absolute atomic E-state index is 0.291. The summed E-state index contributed by atoms with van der Waals surface area (Å²) in [7, 11) is 6.08. The van der Waals surface area contributed by atoms with Crippen LogP contribution in [-0.2, 0) is 11.2 Å². The number of fused-ring (bicyclic) bond motifs is 1. The highest BCUT2D eigenvalue weighted by molar-refractivity contribution is 5.56. The average molecular weight is 291 g/mol. The Hall–Kier alpha value is -1.10. The third-order valence-electron chi connectivity index (χ3n) is 4.45. The number of nitrogens with zero attached hydrogens (tertiary/aromatic N) is 2. The number of likely N-dealkylation sites (N-methyl/N-ethyl adjacent to an activating group) is 1. The molecule has 0 amide bonds. The molecule has 1 aliphatic heterocycles. The molecule has 1 heterocycles. The topological polar surface area (TPSA) is 41.7 Å². The molecular weight excluding hydrogens is 262 g/mol. The Kier molecular flexibility index (Phi) is 6.03. The molecule has 118 valence electrons. The number of aryl methyl sites for hydroxylation is 1. The van der Waals surface area contributed by atoms with Crippen molar-refractivity contribution in [2.45, 2.75) is 25.3 Å². The normalized spacial score (nSPS) is 16.1. The standard InChI is InChI=1S/C17H29N3O/c1-19-9-4-6-14-12-15(7-8-16(14)19)17(13-18)20(2)10-5-11-21-3/h7-8,12,17H,4-6,9-11,13,18H2,1-3H3. The first-order valence-electron chi connectivity index (χ1n) is 7.90. The van der Waals surface area contributed by atoms with Gasteiger partial charge in [-0.3, -0.25) is 4.90 Å². The van der Waals surface area contributed by atoms with Crippen LogP contribution in [0.15, 0.2) is 18.2 Å². The van der Waals surface area contributed by atoms with Crippen LogP contribution >= 0.6 is 0 Å². The minimum Gasteiger partial charge on any atom is -0.385 e. The van der Waals surface area contributed by atoms with Gasteiger partial charge < -0.3 is 15.4 Å². The molecule has 1 aromatic rings. The third kappa shape index (κ3) is 3.96. The van der Waals surface area contributed by atoms with Gasteiger partial charge in [-0.25, -0.2) is 0 Å². The number of hydrogen-bond acceptors (Lipinski definition) is 4. The van der Waals surface area contributed by atoms with Crippen molar-refractivity contribution >= 4 is 5.69 Å². The molecule has 0 aliphatic carbocycles. The number of benzene rings is 1. The Balaban J connectivity index is 2.11. The average Bonchev–Trinajstić information content (AvgIpc) is 2.48. The summed E-state index contributed by atoms with van der Waals surface area (Å²) < 4.78 is 5.13. The van der Waals surface area contributed by atoms with Crippen LogP contribution in [0, 0.1) is 0 Å². The summed E-state index contributed by atoms with van der Waals surface area (Å²) in [4.78, 5) is 4.69. The Morgan fingerprint density at radius 3 is 2.95 bits per heavy atom. The highest BCUT2D eigenvalue weighted by Crippen LogP contribution is 2.30. The summed E-state index contributed by atoms with van der Waals surface area (Å²) in [5, 5.41) is 0. The molecular formula is C17H29N3O. The molecule has 21 heavy (non-hydrogen) atoms. The van der Waals surface area contributed by atoms with Crippen molar-refractivity contribution in [1.29, 1.82) is 0 Å². The van der Waals surface area contributed by atoms with E-state index >= 15 is 0 Å². The maximum absolute atomic E-state index is 6.03. The summed E-state index contributed by atoms with van der Waals surface area (Å²) in [6.07, 6.45) is 3.46. The lowest BCUT2D eigenvalue weighted by atomic mass is 9.96. The molecule has 0 aromatic heterocycles. The number of nitrogens with two attached hydrogens (primary N) is 1. The van der Waals surface area contributed by atoms with Crippen molar-refractivity contribution in [3.63, 3.8) is 0 Å². The monoisotopic (exact) mass is 291 g/mol. The molecule has 4 nitrogen and oxygen atoms in total. The molecule has 1 aliphatic rings. The molecule has 1 unspecified atom stereocenters. The molecule has 0 radical (unpaired) electrons. The second-order valence-corrected chi connectivity index (χ2v) is 5.99. The van der Waals surface area contributed by atoms with Gasteiger partial charge in [0.2, 0.25) is 0 Å². The van der Waals surface area contributed by atoms with Crippen LogP contribution in [0.1, 0.15) is 30.0 Å². The van der Waals surface area contributed by atoms with Crippen LogP contribution in [0.4, 0.5) is 5.69 Å². The number of anilines is 1. The van der Waals surface area contributed by atoms with E-state index in [1.807, 2.05) is 0 Å². The van der Waals surface area contributed by atoms with E-state index in [0.717, 1.165) is 26.1 Å². The first kappa shape index (κ1) is 16.3. The minimum atomic E-state index is 0.291. The Morgan fingerprint density at radius 1 is 1.43 bits per heavy atom. The summed E-state index contributed by atoms with van der Waals surface area (Å²) >= 11 is 0. The molecule has 0 saturated heterocycles. The van der Waals surface area contributed by atoms with E-state index < -0.39 is 0 Å². The zero-order valence-corrected chi connectivity index (χ0v) is 13.6. The number of hydrogen-bond donors (Lipinski definition) is 1. The first-order valence-corrected chi connectivity index (χ1v) is 7.90. The van der Waals surface area contributed by atoms with Crippen LogP contribution in [0.2, 0.25) is 0 Å². The number of methoxy groups -OCH3 is 1. The van der Waals surface area contributed by atoms with Crippen molar-refractivity contribution in [2.24, 2.45) is 5.73 Å². The predicted molar refractivity (Wildman–Crippen MR) is 89.0 cm³/mol. The van der Waals surface area contributed by atoms with E-state index in [2.05, 4.69) is 42.1 Å². The fraction of sp³-hybridized carbons (Fsp3) is 0.647. The molecule has 1 aromatic carbocycles. The van der Waals surface area contributed by atoms with Crippen LogP contribution in [0.5, 0.6) is 0 Å². The molecule has 2 N–H and O–H groups in total. The van der Waals surface area contributed by atoms with Crippen molar-refractivity contribution in [3.8, 4) is 0 Å². The maximum atomic E-state index is 6.03. The molecule has 0 saturated carbocycles. The summed E-state index contributed by atoms with van der Waals surface area (Å²) in [6, 6.07) is 7.15. The van der Waals surface area contributed by atoms with Crippen LogP contribution in [-0.4, -0.2) is 52.3 Å². The Bertz CT molecular complexity index is 450. The van der Waals surface area contributed by atoms with Crippen molar-refractivity contribution in [2.75, 3.05) is 52.3 Å². The Morgan fingerprint density at radius 2 is 2.24 bits per heavy atom. The van der Waals surface area contributed by atoms with Gasteiger partial charge in [-0.1, -0.05) is 12.1 Å². The molecule has 2 rings (SSSR count). The summed E-state index contributed by atoms with van der Waals surface area (Å²) in [5.74, 6) is 0. The van der Waals surface area contributed by atoms with E-state index in [-0.39, 0.29) is 0 Å². The van der Waals surface area contributed by atoms with E-state index in [4.69, 9.17) is 10.5 Å². The van der Waals surface area contributed by atoms with Gasteiger partial charge in [0.05, 0.1) is 0 Å². The molecule has 0 fully saturated rings. The van der Waals surface area contributed by atoms with E-state index in [1.54, 1.807) is 7.11 Å². The third-order valence-corrected chi connectivity index (χ3v) is 4.45. The maximum Gasteiger partial charge on any atom is 0.0474 e. The van der Waals surface area contributed by atoms with Crippen molar-refractivity contribution in [3.05, 3.63) is 29.3 Å². The van der Waals surface area contributed by atoms with Gasteiger partial charge in [0, 0.05) is 52.1 Å². The smallest absolute Gasteiger partial charge is 0.0474 e. The van der Waals surface area contributed by atoms with Crippen molar-refractivity contribution < 1.29 is 4.74 Å². The van der Waals surface area contributed by atoms with Gasteiger partial charge in [-0.15, -0.1) is 0 Å². The number of ether oxygens (including phenoxy) is 1. The van der Waals surface area contributed by atoms with Gasteiger partial charge in [-0.2, -0.15) is 0 Å². The van der Waals surface area contributed by atoms with Gasteiger partial charge >= 0.3 is 0 Å². The van der Waals surface area contributed by atoms with Crippen LogP contribution < -0.4 is 10.6 Å². The highest BCUT2D eigenvalue weighted by atomic mass is 16.5. The lowest BCUT2D eigenvalue weighted by Gasteiger charge is -2.31. The lowest BCUT2D eigenvalue weighted by Crippen LogP contribution is -2.32. The second kappa shape index (κ2) is 7.78. The molecule has 1 atom stereocenters. The fourth-order valence-corrected chi connectivity index (χ4v) is 3.20. The second-order valence-electron chi connectivity index (χ2n) is 5.99. The van der Waals surface area contributed by atoms with Crippen LogP contribution in [0.25, 0.3) is 0 Å². The molecule has 0 spiro atoms. The zero-order valence-electron chi connectivity index (χ0n) is 13.6. The SMILES string of the molecule is COCCCN(C)C(CN)c1ccc2c(c1)CCCN2C. The fourth-order valence-electron chi connectivity index (χ4n) is 3.20. The molecule has 4 heteroatoms. The van der Waals surface area contributed by atoms with Crippen molar-refractivity contribution in [1.82, 2.24) is 4.90 Å². The molecule has 0 bridgehead atoms. The van der Waals surface area contributed by atoms with Gasteiger partial charge in [0.1, 0.15) is 0 Å². The quantitative estimate of drug-likeness (QED) is 0.781. The van der Waals surface area contributed by atoms with Gasteiger partial charge in [-0.05, 0) is 43.5 Å². The van der Waals surface area contributed by atoms with E-state index in [0.29, 0.717) is 12.6 Å². The summed E-state index contributed by atoms with van der Waals surface area (Å²) in [5.41, 5.74) is 10.2. The number of rotatable bonds is 7. The van der Waals surface area contributed by atoms with Gasteiger partial charge in [0.25, 0.3) is 0 Å². The Labute approximate surface area is 128 Å². The van der Waals surface area contributed by atoms with E-state index in [1.165, 1.54) is 29.7 Å². The largest absolute Gasteiger partial charge is 0.385 e. The highest BCUT2D eigenvalue weighted by Gasteiger charge is 2.19. The lowest BCUT2D eigenvalue weighted by molar-refractivity contribution is 0.166. The summed E-state index contributed by atoms with van der Waals surface area (Å²) in [6.45, 7) is 3.62. The zero-order chi connectivity index (χ0) is 15.2.